The van der Waals surface area contributed by atoms with Crippen molar-refractivity contribution >= 4 is 24.0 Å². The molecule has 1 saturated heterocycles. The molecule has 0 spiro atoms. The van der Waals surface area contributed by atoms with Crippen molar-refractivity contribution in [2.45, 2.75) is 57.5 Å². The van der Waals surface area contributed by atoms with Gasteiger partial charge in [-0.1, -0.05) is 0 Å². The Balaban J connectivity index is 0.00000225. The SMILES string of the molecule is Cl.O=C(CCC1CCNCC1)Nc1ccc(OC2CCCC2)c(F)c1. The number of carbonyl (C=O) groups excluding carboxylic acids is 1. The van der Waals surface area contributed by atoms with Gasteiger partial charge in [0.15, 0.2) is 11.6 Å². The average Bonchev–Trinajstić information content (AvgIpc) is 3.10. The Labute approximate surface area is 155 Å². The predicted octanol–water partition coefficient (Wildman–Crippen LogP) is 4.29. The van der Waals surface area contributed by atoms with E-state index in [2.05, 4.69) is 10.6 Å². The quantitative estimate of drug-likeness (QED) is 0.785. The summed E-state index contributed by atoms with van der Waals surface area (Å²) in [6.45, 7) is 2.08. The fourth-order valence-electron chi connectivity index (χ4n) is 3.59. The Kier molecular flexibility index (Phi) is 7.97. The first-order valence-electron chi connectivity index (χ1n) is 9.17. The second kappa shape index (κ2) is 9.97. The van der Waals surface area contributed by atoms with E-state index >= 15 is 0 Å². The third-order valence-corrected chi connectivity index (χ3v) is 5.05. The molecule has 6 heteroatoms. The molecule has 0 aromatic heterocycles. The van der Waals surface area contributed by atoms with Crippen LogP contribution >= 0.6 is 12.4 Å². The van der Waals surface area contributed by atoms with Gasteiger partial charge < -0.3 is 15.4 Å². The van der Waals surface area contributed by atoms with Crippen molar-refractivity contribution in [3.05, 3.63) is 24.0 Å². The maximum atomic E-state index is 14.1. The van der Waals surface area contributed by atoms with Crippen molar-refractivity contribution in [2.75, 3.05) is 18.4 Å². The molecular formula is C19H28ClFN2O2. The molecule has 1 amide bonds. The predicted molar refractivity (Wildman–Crippen MR) is 100.0 cm³/mol. The van der Waals surface area contributed by atoms with Gasteiger partial charge in [-0.15, -0.1) is 12.4 Å². The molecule has 1 aliphatic heterocycles. The highest BCUT2D eigenvalue weighted by atomic mass is 35.5. The number of halogens is 2. The summed E-state index contributed by atoms with van der Waals surface area (Å²) < 4.78 is 19.8. The third kappa shape index (κ3) is 6.15. The molecule has 140 valence electrons. The molecule has 2 aliphatic rings. The highest BCUT2D eigenvalue weighted by Crippen LogP contribution is 2.27. The lowest BCUT2D eigenvalue weighted by molar-refractivity contribution is -0.116. The van der Waals surface area contributed by atoms with Crippen LogP contribution in [-0.2, 0) is 4.79 Å². The van der Waals surface area contributed by atoms with Gasteiger partial charge in [-0.05, 0) is 76.1 Å². The first kappa shape index (κ1) is 20.0. The minimum Gasteiger partial charge on any atom is -0.487 e. The van der Waals surface area contributed by atoms with Gasteiger partial charge in [-0.25, -0.2) is 4.39 Å². The summed E-state index contributed by atoms with van der Waals surface area (Å²) in [4.78, 5) is 12.0. The van der Waals surface area contributed by atoms with E-state index < -0.39 is 5.82 Å². The molecule has 3 rings (SSSR count). The molecular weight excluding hydrogens is 343 g/mol. The van der Waals surface area contributed by atoms with Gasteiger partial charge in [-0.2, -0.15) is 0 Å². The standard InChI is InChI=1S/C19H27FN2O2.ClH/c20-17-13-15(6-7-18(17)24-16-3-1-2-4-16)22-19(23)8-5-14-9-11-21-12-10-14;/h6-7,13-14,16,21H,1-5,8-12H2,(H,22,23);1H. The second-order valence-electron chi connectivity index (χ2n) is 6.95. The van der Waals surface area contributed by atoms with E-state index in [0.29, 0.717) is 18.0 Å². The van der Waals surface area contributed by atoms with Gasteiger partial charge in [0.05, 0.1) is 6.10 Å². The van der Waals surface area contributed by atoms with E-state index in [9.17, 15) is 9.18 Å². The number of nitrogens with one attached hydrogen (secondary N) is 2. The zero-order valence-electron chi connectivity index (χ0n) is 14.6. The molecule has 1 aliphatic carbocycles. The lowest BCUT2D eigenvalue weighted by Gasteiger charge is -2.22. The molecule has 0 bridgehead atoms. The number of anilines is 1. The van der Waals surface area contributed by atoms with Crippen LogP contribution in [0.4, 0.5) is 10.1 Å². The highest BCUT2D eigenvalue weighted by molar-refractivity contribution is 5.90. The second-order valence-corrected chi connectivity index (χ2v) is 6.95. The summed E-state index contributed by atoms with van der Waals surface area (Å²) in [5.74, 6) is 0.459. The van der Waals surface area contributed by atoms with E-state index in [1.165, 1.54) is 6.07 Å². The van der Waals surface area contributed by atoms with Crippen LogP contribution in [0, 0.1) is 11.7 Å². The summed E-state index contributed by atoms with van der Waals surface area (Å²) in [7, 11) is 0. The Hall–Kier alpha value is -1.33. The Morgan fingerprint density at radius 2 is 1.92 bits per heavy atom. The number of amides is 1. The number of benzene rings is 1. The zero-order valence-corrected chi connectivity index (χ0v) is 15.4. The zero-order chi connectivity index (χ0) is 16.8. The smallest absolute Gasteiger partial charge is 0.224 e. The maximum Gasteiger partial charge on any atom is 0.224 e. The molecule has 1 aromatic rings. The van der Waals surface area contributed by atoms with Crippen LogP contribution in [0.3, 0.4) is 0 Å². The summed E-state index contributed by atoms with van der Waals surface area (Å²) in [6, 6.07) is 4.69. The van der Waals surface area contributed by atoms with Crippen LogP contribution in [0.15, 0.2) is 18.2 Å². The van der Waals surface area contributed by atoms with Gasteiger partial charge in [0, 0.05) is 18.2 Å². The number of ether oxygens (including phenoxy) is 1. The van der Waals surface area contributed by atoms with Crippen LogP contribution < -0.4 is 15.4 Å². The number of carbonyl (C=O) groups is 1. The summed E-state index contributed by atoms with van der Waals surface area (Å²) in [5, 5.41) is 6.12. The minimum absolute atomic E-state index is 0. The van der Waals surface area contributed by atoms with Gasteiger partial charge in [0.2, 0.25) is 5.91 Å². The van der Waals surface area contributed by atoms with Crippen LogP contribution in [0.1, 0.15) is 51.4 Å². The van der Waals surface area contributed by atoms with Crippen LogP contribution in [0.2, 0.25) is 0 Å². The summed E-state index contributed by atoms with van der Waals surface area (Å²) in [5.41, 5.74) is 0.501. The van der Waals surface area contributed by atoms with Crippen molar-refractivity contribution < 1.29 is 13.9 Å². The van der Waals surface area contributed by atoms with Gasteiger partial charge >= 0.3 is 0 Å². The first-order valence-corrected chi connectivity index (χ1v) is 9.17. The number of rotatable bonds is 6. The van der Waals surface area contributed by atoms with Gasteiger partial charge in [-0.3, -0.25) is 4.79 Å². The van der Waals surface area contributed by atoms with E-state index in [4.69, 9.17) is 4.74 Å². The molecule has 0 atom stereocenters. The van der Waals surface area contributed by atoms with Crippen LogP contribution in [0.25, 0.3) is 0 Å². The van der Waals surface area contributed by atoms with E-state index in [0.717, 1.165) is 58.0 Å². The van der Waals surface area contributed by atoms with Crippen molar-refractivity contribution in [3.63, 3.8) is 0 Å². The molecule has 2 fully saturated rings. The molecule has 4 nitrogen and oxygen atoms in total. The molecule has 0 unspecified atom stereocenters. The maximum absolute atomic E-state index is 14.1. The van der Waals surface area contributed by atoms with Crippen molar-refractivity contribution in [1.82, 2.24) is 5.32 Å². The van der Waals surface area contributed by atoms with E-state index in [1.54, 1.807) is 12.1 Å². The summed E-state index contributed by atoms with van der Waals surface area (Å²) >= 11 is 0. The van der Waals surface area contributed by atoms with Crippen LogP contribution in [-0.4, -0.2) is 25.1 Å². The molecule has 0 radical (unpaired) electrons. The van der Waals surface area contributed by atoms with Crippen LogP contribution in [0.5, 0.6) is 5.75 Å². The minimum atomic E-state index is -0.405. The normalized spacial score (nSPS) is 18.6. The fraction of sp³-hybridized carbons (Fsp3) is 0.632. The highest BCUT2D eigenvalue weighted by Gasteiger charge is 2.19. The average molecular weight is 371 g/mol. The first-order chi connectivity index (χ1) is 11.7. The Morgan fingerprint density at radius 3 is 2.60 bits per heavy atom. The molecule has 25 heavy (non-hydrogen) atoms. The van der Waals surface area contributed by atoms with Gasteiger partial charge in [0.1, 0.15) is 0 Å². The van der Waals surface area contributed by atoms with Crippen molar-refractivity contribution in [2.24, 2.45) is 5.92 Å². The molecule has 1 saturated carbocycles. The monoisotopic (exact) mass is 370 g/mol. The fourth-order valence-corrected chi connectivity index (χ4v) is 3.59. The number of hydrogen-bond acceptors (Lipinski definition) is 3. The van der Waals surface area contributed by atoms with E-state index in [1.807, 2.05) is 0 Å². The topological polar surface area (TPSA) is 50.4 Å². The van der Waals surface area contributed by atoms with Gasteiger partial charge in [0.25, 0.3) is 0 Å². The molecule has 1 aromatic carbocycles. The molecule has 2 N–H and O–H groups in total. The lowest BCUT2D eigenvalue weighted by Crippen LogP contribution is -2.28. The number of hydrogen-bond donors (Lipinski definition) is 2. The van der Waals surface area contributed by atoms with Crippen molar-refractivity contribution in [1.29, 1.82) is 0 Å². The molecule has 1 heterocycles. The largest absolute Gasteiger partial charge is 0.487 e. The van der Waals surface area contributed by atoms with E-state index in [-0.39, 0.29) is 30.2 Å². The summed E-state index contributed by atoms with van der Waals surface area (Å²) in [6.07, 6.45) is 8.08. The van der Waals surface area contributed by atoms with Crippen molar-refractivity contribution in [3.8, 4) is 5.75 Å². The third-order valence-electron chi connectivity index (χ3n) is 5.05. The lowest BCUT2D eigenvalue weighted by atomic mass is 9.93. The Bertz CT molecular complexity index is 558. The number of piperidine rings is 1. The Morgan fingerprint density at radius 1 is 1.20 bits per heavy atom.